The number of ether oxygens (including phenoxy) is 1. The van der Waals surface area contributed by atoms with Gasteiger partial charge in [-0.25, -0.2) is 13.1 Å². The van der Waals surface area contributed by atoms with Gasteiger partial charge in [0.2, 0.25) is 10.0 Å². The summed E-state index contributed by atoms with van der Waals surface area (Å²) in [5.74, 6) is 0.816. The van der Waals surface area contributed by atoms with Gasteiger partial charge in [-0.15, -0.1) is 0 Å². The predicted molar refractivity (Wildman–Crippen MR) is 95.1 cm³/mol. The summed E-state index contributed by atoms with van der Waals surface area (Å²) >= 11 is 0. The Morgan fingerprint density at radius 2 is 1.96 bits per heavy atom. The Kier molecular flexibility index (Phi) is 5.47. The van der Waals surface area contributed by atoms with E-state index >= 15 is 0 Å². The van der Waals surface area contributed by atoms with Crippen molar-refractivity contribution in [2.75, 3.05) is 26.7 Å². The summed E-state index contributed by atoms with van der Waals surface area (Å²) in [6.45, 7) is 4.68. The first kappa shape index (κ1) is 17.7. The molecule has 0 saturated carbocycles. The summed E-state index contributed by atoms with van der Waals surface area (Å²) in [6, 6.07) is 3.82. The summed E-state index contributed by atoms with van der Waals surface area (Å²) in [6.07, 6.45) is 6.05. The van der Waals surface area contributed by atoms with Gasteiger partial charge in [-0.2, -0.15) is 0 Å². The third-order valence-corrected chi connectivity index (χ3v) is 6.88. The number of rotatable bonds is 6. The molecule has 1 aliphatic carbocycles. The Hall–Kier alpha value is -1.11. The van der Waals surface area contributed by atoms with Crippen LogP contribution in [0.25, 0.3) is 0 Å². The normalized spacial score (nSPS) is 21.7. The fourth-order valence-corrected chi connectivity index (χ4v) is 5.44. The summed E-state index contributed by atoms with van der Waals surface area (Å²) in [4.78, 5) is 2.80. The van der Waals surface area contributed by atoms with Crippen molar-refractivity contribution in [3.63, 3.8) is 0 Å². The number of fused-ring (bicyclic) bond motifs is 1. The third-order valence-electron chi connectivity index (χ3n) is 5.37. The van der Waals surface area contributed by atoms with Crippen molar-refractivity contribution in [2.24, 2.45) is 0 Å². The van der Waals surface area contributed by atoms with Gasteiger partial charge in [-0.05, 0) is 74.9 Å². The zero-order valence-electron chi connectivity index (χ0n) is 14.7. The van der Waals surface area contributed by atoms with E-state index in [-0.39, 0.29) is 0 Å². The van der Waals surface area contributed by atoms with Crippen LogP contribution in [0.1, 0.15) is 43.7 Å². The second-order valence-electron chi connectivity index (χ2n) is 6.71. The van der Waals surface area contributed by atoms with Gasteiger partial charge < -0.3 is 4.74 Å². The zero-order chi connectivity index (χ0) is 17.2. The molecule has 0 spiro atoms. The number of methoxy groups -OCH3 is 1. The summed E-state index contributed by atoms with van der Waals surface area (Å²) in [5, 5.41) is 0. The van der Waals surface area contributed by atoms with Gasteiger partial charge in [0.1, 0.15) is 5.75 Å². The van der Waals surface area contributed by atoms with E-state index in [1.54, 1.807) is 19.2 Å². The average Bonchev–Trinajstić information content (AvgIpc) is 3.06. The van der Waals surface area contributed by atoms with Gasteiger partial charge >= 0.3 is 0 Å². The third kappa shape index (κ3) is 3.46. The van der Waals surface area contributed by atoms with Gasteiger partial charge in [0.25, 0.3) is 0 Å². The molecule has 1 N–H and O–H groups in total. The number of hydrogen-bond donors (Lipinski definition) is 1. The standard InChI is InChI=1S/C18H28N2O3S/c1-3-20-12-6-7-14(20)13-19-24(21,22)18-11-10-17(23-2)15-8-4-5-9-16(15)18/h10-11,14,19H,3-9,12-13H2,1-2H3. The lowest BCUT2D eigenvalue weighted by Gasteiger charge is -2.24. The number of sulfonamides is 1. The lowest BCUT2D eigenvalue weighted by atomic mass is 9.91. The maximum absolute atomic E-state index is 12.9. The van der Waals surface area contributed by atoms with Gasteiger partial charge in [0, 0.05) is 12.6 Å². The average molecular weight is 353 g/mol. The van der Waals surface area contributed by atoms with Crippen LogP contribution in [0, 0.1) is 0 Å². The van der Waals surface area contributed by atoms with E-state index in [1.165, 1.54) is 0 Å². The second kappa shape index (κ2) is 7.42. The summed E-state index contributed by atoms with van der Waals surface area (Å²) < 4.78 is 34.1. The molecule has 0 bridgehead atoms. The van der Waals surface area contributed by atoms with Gasteiger partial charge in [0.05, 0.1) is 12.0 Å². The summed E-state index contributed by atoms with van der Waals surface area (Å²) in [5.41, 5.74) is 2.02. The van der Waals surface area contributed by atoms with Crippen molar-refractivity contribution in [3.05, 3.63) is 23.3 Å². The highest BCUT2D eigenvalue weighted by molar-refractivity contribution is 7.89. The van der Waals surface area contributed by atoms with Crippen LogP contribution < -0.4 is 9.46 Å². The molecule has 6 heteroatoms. The molecule has 1 fully saturated rings. The van der Waals surface area contributed by atoms with E-state index < -0.39 is 10.0 Å². The number of hydrogen-bond acceptors (Lipinski definition) is 4. The van der Waals surface area contributed by atoms with E-state index in [1.807, 2.05) is 0 Å². The molecule has 0 aromatic heterocycles. The molecule has 1 saturated heterocycles. The van der Waals surface area contributed by atoms with Gasteiger partial charge in [-0.3, -0.25) is 4.90 Å². The molecule has 1 heterocycles. The molecular weight excluding hydrogens is 324 g/mol. The molecule has 5 nitrogen and oxygen atoms in total. The van der Waals surface area contributed by atoms with Crippen LogP contribution in [0.15, 0.2) is 17.0 Å². The molecule has 1 atom stereocenters. The highest BCUT2D eigenvalue weighted by atomic mass is 32.2. The highest BCUT2D eigenvalue weighted by Gasteiger charge is 2.28. The fraction of sp³-hybridized carbons (Fsp3) is 0.667. The zero-order valence-corrected chi connectivity index (χ0v) is 15.5. The topological polar surface area (TPSA) is 58.6 Å². The lowest BCUT2D eigenvalue weighted by Crippen LogP contribution is -2.40. The SMILES string of the molecule is CCN1CCCC1CNS(=O)(=O)c1ccc(OC)c2c1CCCC2. The van der Waals surface area contributed by atoms with Crippen LogP contribution in [0.2, 0.25) is 0 Å². The highest BCUT2D eigenvalue weighted by Crippen LogP contribution is 2.34. The molecule has 0 radical (unpaired) electrons. The molecule has 24 heavy (non-hydrogen) atoms. The van der Waals surface area contributed by atoms with Gasteiger partial charge in [-0.1, -0.05) is 6.92 Å². The van der Waals surface area contributed by atoms with Gasteiger partial charge in [0.15, 0.2) is 0 Å². The van der Waals surface area contributed by atoms with Crippen LogP contribution in [-0.2, 0) is 22.9 Å². The van der Waals surface area contributed by atoms with E-state index in [0.717, 1.165) is 68.5 Å². The molecule has 1 aromatic rings. The lowest BCUT2D eigenvalue weighted by molar-refractivity contribution is 0.268. The maximum Gasteiger partial charge on any atom is 0.240 e. The minimum Gasteiger partial charge on any atom is -0.496 e. The van der Waals surface area contributed by atoms with Crippen LogP contribution in [0.3, 0.4) is 0 Å². The molecule has 2 aliphatic rings. The van der Waals surface area contributed by atoms with Crippen LogP contribution in [-0.4, -0.2) is 46.1 Å². The molecule has 134 valence electrons. The minimum absolute atomic E-state index is 0.318. The summed E-state index contributed by atoms with van der Waals surface area (Å²) in [7, 11) is -1.83. The first-order valence-corrected chi connectivity index (χ1v) is 10.5. The van der Waals surface area contributed by atoms with Crippen molar-refractivity contribution < 1.29 is 13.2 Å². The maximum atomic E-state index is 12.9. The van der Waals surface area contributed by atoms with E-state index in [0.29, 0.717) is 17.5 Å². The molecule has 3 rings (SSSR count). The van der Waals surface area contributed by atoms with Crippen LogP contribution in [0.4, 0.5) is 0 Å². The number of nitrogens with zero attached hydrogens (tertiary/aromatic N) is 1. The fourth-order valence-electron chi connectivity index (χ4n) is 4.07. The minimum atomic E-state index is -3.48. The van der Waals surface area contributed by atoms with Crippen molar-refractivity contribution in [3.8, 4) is 5.75 Å². The van der Waals surface area contributed by atoms with Crippen molar-refractivity contribution in [2.45, 2.75) is 56.4 Å². The van der Waals surface area contributed by atoms with E-state index in [9.17, 15) is 8.42 Å². The quantitative estimate of drug-likeness (QED) is 0.854. The van der Waals surface area contributed by atoms with Crippen molar-refractivity contribution >= 4 is 10.0 Å². The Bertz CT molecular complexity index is 688. The smallest absolute Gasteiger partial charge is 0.240 e. The predicted octanol–water partition coefficient (Wildman–Crippen LogP) is 2.34. The Morgan fingerprint density at radius 3 is 2.67 bits per heavy atom. The first-order chi connectivity index (χ1) is 11.6. The largest absolute Gasteiger partial charge is 0.496 e. The number of nitrogens with one attached hydrogen (secondary N) is 1. The number of likely N-dealkylation sites (N-methyl/N-ethyl adjacent to an activating group) is 1. The number of likely N-dealkylation sites (tertiary alicyclic amines) is 1. The number of benzene rings is 1. The second-order valence-corrected chi connectivity index (χ2v) is 8.44. The monoisotopic (exact) mass is 352 g/mol. The Labute approximate surface area is 145 Å². The molecule has 0 amide bonds. The molecule has 1 aliphatic heterocycles. The van der Waals surface area contributed by atoms with Crippen LogP contribution >= 0.6 is 0 Å². The van der Waals surface area contributed by atoms with Crippen LogP contribution in [0.5, 0.6) is 5.75 Å². The Morgan fingerprint density at radius 1 is 1.21 bits per heavy atom. The van der Waals surface area contributed by atoms with Crippen molar-refractivity contribution in [1.29, 1.82) is 0 Å². The van der Waals surface area contributed by atoms with Crippen molar-refractivity contribution in [1.82, 2.24) is 9.62 Å². The van der Waals surface area contributed by atoms with E-state index in [4.69, 9.17) is 4.74 Å². The molecular formula is C18H28N2O3S. The van der Waals surface area contributed by atoms with E-state index in [2.05, 4.69) is 16.5 Å². The molecule has 1 aromatic carbocycles. The molecule has 1 unspecified atom stereocenters. The first-order valence-electron chi connectivity index (χ1n) is 8.99. The Balaban J connectivity index is 1.82.